The summed E-state index contributed by atoms with van der Waals surface area (Å²) in [6, 6.07) is 21.7. The Kier molecular flexibility index (Phi) is 6.20. The van der Waals surface area contributed by atoms with Crippen LogP contribution in [-0.2, 0) is 11.3 Å². The molecule has 0 unspecified atom stereocenters. The van der Waals surface area contributed by atoms with E-state index in [2.05, 4.69) is 20.5 Å². The molecule has 0 saturated carbocycles. The molecule has 4 rings (SSSR count). The number of nitrogens with zero attached hydrogens (tertiary/aromatic N) is 4. The van der Waals surface area contributed by atoms with E-state index >= 15 is 0 Å². The Hall–Kier alpha value is -3.45. The molecule has 0 saturated heterocycles. The van der Waals surface area contributed by atoms with Gasteiger partial charge in [0.2, 0.25) is 5.91 Å². The number of thioether (sulfide) groups is 1. The van der Waals surface area contributed by atoms with Gasteiger partial charge in [-0.25, -0.2) is 0 Å². The Bertz CT molecular complexity index is 1130. The van der Waals surface area contributed by atoms with Crippen LogP contribution in [0.25, 0.3) is 17.1 Å². The van der Waals surface area contributed by atoms with Crippen molar-refractivity contribution in [2.45, 2.75) is 18.6 Å². The number of para-hydroxylation sites is 1. The van der Waals surface area contributed by atoms with Crippen LogP contribution in [0, 0.1) is 6.92 Å². The van der Waals surface area contributed by atoms with E-state index in [1.54, 1.807) is 12.4 Å². The molecule has 7 heteroatoms. The molecule has 0 bridgehead atoms. The maximum atomic E-state index is 12.4. The van der Waals surface area contributed by atoms with Crippen molar-refractivity contribution in [1.29, 1.82) is 0 Å². The molecule has 0 spiro atoms. The minimum absolute atomic E-state index is 0.0451. The predicted octanol–water partition coefficient (Wildman–Crippen LogP) is 4.05. The first kappa shape index (κ1) is 19.8. The number of amides is 1. The minimum Gasteiger partial charge on any atom is -0.351 e. The lowest BCUT2D eigenvalue weighted by molar-refractivity contribution is -0.118. The van der Waals surface area contributed by atoms with E-state index < -0.39 is 0 Å². The van der Waals surface area contributed by atoms with Crippen LogP contribution >= 0.6 is 11.8 Å². The number of nitrogens with one attached hydrogen (secondary N) is 1. The zero-order valence-corrected chi connectivity index (χ0v) is 17.3. The highest BCUT2D eigenvalue weighted by Gasteiger charge is 2.17. The highest BCUT2D eigenvalue weighted by molar-refractivity contribution is 7.99. The van der Waals surface area contributed by atoms with Gasteiger partial charge in [-0.2, -0.15) is 0 Å². The summed E-state index contributed by atoms with van der Waals surface area (Å²) < 4.78 is 1.97. The molecule has 0 aliphatic heterocycles. The Balaban J connectivity index is 1.51. The van der Waals surface area contributed by atoms with Gasteiger partial charge in [-0.1, -0.05) is 54.2 Å². The molecular formula is C23H21N5OS. The lowest BCUT2D eigenvalue weighted by Crippen LogP contribution is -2.25. The summed E-state index contributed by atoms with van der Waals surface area (Å²) in [5, 5.41) is 12.4. The summed E-state index contributed by atoms with van der Waals surface area (Å²) in [6.45, 7) is 2.55. The first-order valence-electron chi connectivity index (χ1n) is 9.57. The van der Waals surface area contributed by atoms with E-state index in [-0.39, 0.29) is 11.7 Å². The summed E-state index contributed by atoms with van der Waals surface area (Å²) in [5.74, 6) is 0.926. The molecule has 1 amide bonds. The normalized spacial score (nSPS) is 10.7. The fourth-order valence-corrected chi connectivity index (χ4v) is 3.83. The largest absolute Gasteiger partial charge is 0.351 e. The average molecular weight is 416 g/mol. The van der Waals surface area contributed by atoms with Crippen molar-refractivity contribution in [3.8, 4) is 17.1 Å². The molecular weight excluding hydrogens is 394 g/mol. The number of rotatable bonds is 7. The van der Waals surface area contributed by atoms with Gasteiger partial charge in [0.1, 0.15) is 0 Å². The van der Waals surface area contributed by atoms with Gasteiger partial charge < -0.3 is 5.32 Å². The first-order valence-corrected chi connectivity index (χ1v) is 10.6. The summed E-state index contributed by atoms with van der Waals surface area (Å²) in [5.41, 5.74) is 4.13. The fourth-order valence-electron chi connectivity index (χ4n) is 3.04. The van der Waals surface area contributed by atoms with Gasteiger partial charge in [-0.05, 0) is 42.3 Å². The molecule has 2 heterocycles. The Morgan fingerprint density at radius 2 is 1.70 bits per heavy atom. The van der Waals surface area contributed by atoms with Crippen molar-refractivity contribution in [1.82, 2.24) is 25.1 Å². The van der Waals surface area contributed by atoms with E-state index in [0.717, 1.165) is 22.4 Å². The highest BCUT2D eigenvalue weighted by Crippen LogP contribution is 2.27. The monoisotopic (exact) mass is 415 g/mol. The molecule has 0 aliphatic carbocycles. The van der Waals surface area contributed by atoms with Gasteiger partial charge in [0.25, 0.3) is 0 Å². The predicted molar refractivity (Wildman–Crippen MR) is 118 cm³/mol. The third-order valence-electron chi connectivity index (χ3n) is 4.66. The van der Waals surface area contributed by atoms with Crippen LogP contribution in [0.5, 0.6) is 0 Å². The van der Waals surface area contributed by atoms with Gasteiger partial charge >= 0.3 is 0 Å². The van der Waals surface area contributed by atoms with Crippen LogP contribution in [0.2, 0.25) is 0 Å². The second-order valence-electron chi connectivity index (χ2n) is 6.70. The molecule has 4 aromatic rings. The summed E-state index contributed by atoms with van der Waals surface area (Å²) in [7, 11) is 0. The molecule has 0 atom stereocenters. The quantitative estimate of drug-likeness (QED) is 0.461. The highest BCUT2D eigenvalue weighted by atomic mass is 32.2. The van der Waals surface area contributed by atoms with E-state index in [4.69, 9.17) is 0 Å². The molecule has 2 aromatic heterocycles. The van der Waals surface area contributed by atoms with Crippen LogP contribution in [-0.4, -0.2) is 31.4 Å². The molecule has 150 valence electrons. The number of hydrogen-bond acceptors (Lipinski definition) is 5. The van der Waals surface area contributed by atoms with Gasteiger partial charge in [0, 0.05) is 30.2 Å². The molecule has 0 aliphatic rings. The van der Waals surface area contributed by atoms with Crippen molar-refractivity contribution in [3.63, 3.8) is 0 Å². The van der Waals surface area contributed by atoms with E-state index in [9.17, 15) is 4.79 Å². The van der Waals surface area contributed by atoms with Crippen LogP contribution in [0.15, 0.2) is 84.3 Å². The van der Waals surface area contributed by atoms with Crippen LogP contribution in [0.1, 0.15) is 11.1 Å². The average Bonchev–Trinajstić information content (AvgIpc) is 3.22. The number of aryl methyl sites for hydroxylation is 1. The van der Waals surface area contributed by atoms with Crippen LogP contribution in [0.3, 0.4) is 0 Å². The number of pyridine rings is 1. The van der Waals surface area contributed by atoms with Crippen molar-refractivity contribution in [2.24, 2.45) is 0 Å². The first-order chi connectivity index (χ1) is 14.7. The SMILES string of the molecule is Cc1ccccc1CNC(=O)CSc1nnc(-c2ccncc2)n1-c1ccccc1. The standard InChI is InChI=1S/C23H21N5OS/c1-17-7-5-6-8-19(17)15-25-21(29)16-30-23-27-26-22(18-11-13-24-14-12-18)28(23)20-9-3-2-4-10-20/h2-14H,15-16H2,1H3,(H,25,29). The summed E-state index contributed by atoms with van der Waals surface area (Å²) in [6.07, 6.45) is 3.45. The molecule has 0 fully saturated rings. The third kappa shape index (κ3) is 4.58. The lowest BCUT2D eigenvalue weighted by atomic mass is 10.1. The number of aromatic nitrogens is 4. The Labute approximate surface area is 179 Å². The van der Waals surface area contributed by atoms with Gasteiger partial charge in [0.15, 0.2) is 11.0 Å². The molecule has 0 radical (unpaired) electrons. The van der Waals surface area contributed by atoms with Gasteiger partial charge in [-0.3, -0.25) is 14.3 Å². The van der Waals surface area contributed by atoms with Crippen molar-refractivity contribution >= 4 is 17.7 Å². The van der Waals surface area contributed by atoms with Crippen molar-refractivity contribution in [3.05, 3.63) is 90.3 Å². The smallest absolute Gasteiger partial charge is 0.230 e. The lowest BCUT2D eigenvalue weighted by Gasteiger charge is -2.11. The van der Waals surface area contributed by atoms with Crippen molar-refractivity contribution in [2.75, 3.05) is 5.75 Å². The van der Waals surface area contributed by atoms with Crippen molar-refractivity contribution < 1.29 is 4.79 Å². The zero-order chi connectivity index (χ0) is 20.8. The Morgan fingerprint density at radius 1 is 0.967 bits per heavy atom. The van der Waals surface area contributed by atoms with E-state index in [0.29, 0.717) is 17.5 Å². The number of carbonyl (C=O) groups excluding carboxylic acids is 1. The van der Waals surface area contributed by atoms with Gasteiger partial charge in [0.05, 0.1) is 5.75 Å². The number of benzene rings is 2. The molecule has 2 aromatic carbocycles. The Morgan fingerprint density at radius 3 is 2.47 bits per heavy atom. The number of hydrogen-bond donors (Lipinski definition) is 1. The molecule has 1 N–H and O–H groups in total. The topological polar surface area (TPSA) is 72.7 Å². The van der Waals surface area contributed by atoms with E-state index in [1.165, 1.54) is 11.8 Å². The maximum absolute atomic E-state index is 12.4. The third-order valence-corrected chi connectivity index (χ3v) is 5.58. The zero-order valence-electron chi connectivity index (χ0n) is 16.5. The summed E-state index contributed by atoms with van der Waals surface area (Å²) >= 11 is 1.37. The van der Waals surface area contributed by atoms with Crippen LogP contribution in [0.4, 0.5) is 0 Å². The summed E-state index contributed by atoms with van der Waals surface area (Å²) in [4.78, 5) is 16.5. The van der Waals surface area contributed by atoms with Gasteiger partial charge in [-0.15, -0.1) is 10.2 Å². The second-order valence-corrected chi connectivity index (χ2v) is 7.65. The van der Waals surface area contributed by atoms with Crippen LogP contribution < -0.4 is 5.32 Å². The molecule has 6 nitrogen and oxygen atoms in total. The minimum atomic E-state index is -0.0451. The number of carbonyl (C=O) groups is 1. The maximum Gasteiger partial charge on any atom is 0.230 e. The second kappa shape index (κ2) is 9.37. The van der Waals surface area contributed by atoms with E-state index in [1.807, 2.05) is 78.2 Å². The molecule has 30 heavy (non-hydrogen) atoms. The fraction of sp³-hybridized carbons (Fsp3) is 0.130.